The molecule has 0 fully saturated rings. The van der Waals surface area contributed by atoms with E-state index in [9.17, 15) is 22.0 Å². The molecule has 136 valence electrons. The molecule has 1 amide bonds. The van der Waals surface area contributed by atoms with Crippen molar-refractivity contribution in [2.75, 3.05) is 20.6 Å². The van der Waals surface area contributed by atoms with Crippen molar-refractivity contribution in [3.05, 3.63) is 65.2 Å². The van der Waals surface area contributed by atoms with Crippen LogP contribution in [0.25, 0.3) is 0 Å². The van der Waals surface area contributed by atoms with Gasteiger partial charge in [-0.25, -0.2) is 17.2 Å². The van der Waals surface area contributed by atoms with Crippen LogP contribution in [-0.2, 0) is 10.0 Å². The Balaban J connectivity index is 2.03. The summed E-state index contributed by atoms with van der Waals surface area (Å²) in [5, 5.41) is 0. The van der Waals surface area contributed by atoms with Crippen LogP contribution in [0, 0.1) is 23.5 Å². The van der Waals surface area contributed by atoms with Gasteiger partial charge in [-0.3, -0.25) is 4.79 Å². The minimum absolute atomic E-state index is 0.139. The molecule has 2 aromatic carbocycles. The second-order valence-electron chi connectivity index (χ2n) is 5.51. The van der Waals surface area contributed by atoms with Gasteiger partial charge in [0.15, 0.2) is 0 Å². The number of halogens is 2. The van der Waals surface area contributed by atoms with Gasteiger partial charge in [-0.05, 0) is 36.4 Å². The number of hydrogen-bond donors (Lipinski definition) is 1. The van der Waals surface area contributed by atoms with Crippen LogP contribution in [0.2, 0.25) is 0 Å². The highest BCUT2D eigenvalue weighted by molar-refractivity contribution is 7.89. The first-order chi connectivity index (χ1) is 12.2. The zero-order valence-corrected chi connectivity index (χ0v) is 14.9. The summed E-state index contributed by atoms with van der Waals surface area (Å²) in [5.41, 5.74) is 1.10. The predicted molar refractivity (Wildman–Crippen MR) is 92.9 cm³/mol. The van der Waals surface area contributed by atoms with Crippen molar-refractivity contribution < 1.29 is 22.0 Å². The van der Waals surface area contributed by atoms with Gasteiger partial charge in [0.1, 0.15) is 11.6 Å². The van der Waals surface area contributed by atoms with Gasteiger partial charge >= 0.3 is 0 Å². The standard InChI is InChI=1S/C18H16F2N2O3S/c1-22(2)18(23)14-7-5-13(6-8-14)4-3-9-21-26(24,25)17-11-15(19)10-16(20)12-17/h5-8,10-12,21H,9H2,1-2H3. The number of nitrogens with zero attached hydrogens (tertiary/aromatic N) is 1. The number of carbonyl (C=O) groups is 1. The third-order valence-electron chi connectivity index (χ3n) is 3.27. The molecule has 2 aromatic rings. The average molecular weight is 378 g/mol. The summed E-state index contributed by atoms with van der Waals surface area (Å²) in [7, 11) is -0.779. The lowest BCUT2D eigenvalue weighted by molar-refractivity contribution is 0.0827. The number of hydrogen-bond acceptors (Lipinski definition) is 3. The van der Waals surface area contributed by atoms with Crippen LogP contribution in [0.3, 0.4) is 0 Å². The van der Waals surface area contributed by atoms with Gasteiger partial charge in [0.2, 0.25) is 10.0 Å². The molecule has 0 spiro atoms. The van der Waals surface area contributed by atoms with Crippen molar-refractivity contribution >= 4 is 15.9 Å². The van der Waals surface area contributed by atoms with Gasteiger partial charge in [-0.1, -0.05) is 11.8 Å². The molecule has 8 heteroatoms. The van der Waals surface area contributed by atoms with Crippen LogP contribution in [0.4, 0.5) is 8.78 Å². The maximum absolute atomic E-state index is 13.1. The van der Waals surface area contributed by atoms with Crippen LogP contribution in [0.1, 0.15) is 15.9 Å². The summed E-state index contributed by atoms with van der Waals surface area (Å²) < 4.78 is 52.3. The first-order valence-corrected chi connectivity index (χ1v) is 8.94. The average Bonchev–Trinajstić information content (AvgIpc) is 2.57. The van der Waals surface area contributed by atoms with Crippen molar-refractivity contribution in [3.8, 4) is 11.8 Å². The van der Waals surface area contributed by atoms with Gasteiger partial charge in [0, 0.05) is 31.3 Å². The highest BCUT2D eigenvalue weighted by Crippen LogP contribution is 2.13. The molecule has 0 bridgehead atoms. The molecule has 0 radical (unpaired) electrons. The molecule has 0 saturated heterocycles. The fourth-order valence-corrected chi connectivity index (χ4v) is 2.96. The summed E-state index contributed by atoms with van der Waals surface area (Å²) >= 11 is 0. The molecule has 0 unspecified atom stereocenters. The molecule has 26 heavy (non-hydrogen) atoms. The normalized spacial score (nSPS) is 10.8. The molecule has 0 aliphatic heterocycles. The van der Waals surface area contributed by atoms with E-state index < -0.39 is 26.6 Å². The molecule has 5 nitrogen and oxygen atoms in total. The van der Waals surface area contributed by atoms with E-state index in [1.165, 1.54) is 4.90 Å². The topological polar surface area (TPSA) is 66.5 Å². The Hall–Kier alpha value is -2.76. The lowest BCUT2D eigenvalue weighted by Gasteiger charge is -2.09. The van der Waals surface area contributed by atoms with Crippen LogP contribution in [0.15, 0.2) is 47.4 Å². The largest absolute Gasteiger partial charge is 0.345 e. The Morgan fingerprint density at radius 2 is 1.65 bits per heavy atom. The number of carbonyl (C=O) groups excluding carboxylic acids is 1. The van der Waals surface area contributed by atoms with Crippen molar-refractivity contribution in [2.24, 2.45) is 0 Å². The maximum Gasteiger partial charge on any atom is 0.253 e. The van der Waals surface area contributed by atoms with E-state index in [0.717, 1.165) is 12.1 Å². The van der Waals surface area contributed by atoms with Crippen molar-refractivity contribution in [2.45, 2.75) is 4.90 Å². The van der Waals surface area contributed by atoms with E-state index in [-0.39, 0.29) is 12.5 Å². The molecule has 1 N–H and O–H groups in total. The zero-order valence-electron chi connectivity index (χ0n) is 14.1. The quantitative estimate of drug-likeness (QED) is 0.828. The van der Waals surface area contributed by atoms with Crippen LogP contribution < -0.4 is 4.72 Å². The van der Waals surface area contributed by atoms with Crippen LogP contribution in [0.5, 0.6) is 0 Å². The van der Waals surface area contributed by atoms with Crippen molar-refractivity contribution in [1.29, 1.82) is 0 Å². The van der Waals surface area contributed by atoms with Crippen LogP contribution >= 0.6 is 0 Å². The Kier molecular flexibility index (Phi) is 6.08. The zero-order chi connectivity index (χ0) is 19.3. The molecular weight excluding hydrogens is 362 g/mol. The number of benzene rings is 2. The monoisotopic (exact) mass is 378 g/mol. The second kappa shape index (κ2) is 8.08. The van der Waals surface area contributed by atoms with Crippen molar-refractivity contribution in [1.82, 2.24) is 9.62 Å². The maximum atomic E-state index is 13.1. The van der Waals surface area contributed by atoms with E-state index in [2.05, 4.69) is 16.6 Å². The van der Waals surface area contributed by atoms with Gasteiger partial charge in [-0.2, -0.15) is 4.72 Å². The van der Waals surface area contributed by atoms with Crippen LogP contribution in [-0.4, -0.2) is 39.9 Å². The molecule has 0 aliphatic carbocycles. The summed E-state index contributed by atoms with van der Waals surface area (Å²) in [4.78, 5) is 12.7. The molecule has 0 heterocycles. The molecular formula is C18H16F2N2O3S. The summed E-state index contributed by atoms with van der Waals surface area (Å²) in [6, 6.07) is 8.54. The van der Waals surface area contributed by atoms with Crippen molar-refractivity contribution in [3.63, 3.8) is 0 Å². The molecule has 0 aromatic heterocycles. The minimum Gasteiger partial charge on any atom is -0.345 e. The van der Waals surface area contributed by atoms with Gasteiger partial charge < -0.3 is 4.90 Å². The molecule has 0 aliphatic rings. The lowest BCUT2D eigenvalue weighted by atomic mass is 10.1. The number of amides is 1. The third-order valence-corrected chi connectivity index (χ3v) is 4.65. The molecule has 0 atom stereocenters. The predicted octanol–water partition coefficient (Wildman–Crippen LogP) is 2.00. The number of rotatable bonds is 4. The Morgan fingerprint density at radius 3 is 2.19 bits per heavy atom. The number of sulfonamides is 1. The van der Waals surface area contributed by atoms with E-state index in [1.54, 1.807) is 38.4 Å². The Labute approximate surface area is 150 Å². The van der Waals surface area contributed by atoms with E-state index >= 15 is 0 Å². The summed E-state index contributed by atoms with van der Waals surface area (Å²) in [6.07, 6.45) is 0. The Morgan fingerprint density at radius 1 is 1.08 bits per heavy atom. The first kappa shape index (κ1) is 19.6. The van der Waals surface area contributed by atoms with E-state index in [0.29, 0.717) is 17.2 Å². The van der Waals surface area contributed by atoms with Gasteiger partial charge in [0.25, 0.3) is 5.91 Å². The smallest absolute Gasteiger partial charge is 0.253 e. The highest BCUT2D eigenvalue weighted by atomic mass is 32.2. The second-order valence-corrected chi connectivity index (χ2v) is 7.28. The van der Waals surface area contributed by atoms with E-state index in [4.69, 9.17) is 0 Å². The molecule has 0 saturated carbocycles. The first-order valence-electron chi connectivity index (χ1n) is 7.45. The summed E-state index contributed by atoms with van der Waals surface area (Å²) in [6.45, 7) is -0.237. The summed E-state index contributed by atoms with van der Waals surface area (Å²) in [5.74, 6) is 3.24. The lowest BCUT2D eigenvalue weighted by Crippen LogP contribution is -2.24. The third kappa shape index (κ3) is 5.12. The fraction of sp³-hybridized carbons (Fsp3) is 0.167. The highest BCUT2D eigenvalue weighted by Gasteiger charge is 2.15. The SMILES string of the molecule is CN(C)C(=O)c1ccc(C#CCNS(=O)(=O)c2cc(F)cc(F)c2)cc1. The fourth-order valence-electron chi connectivity index (χ4n) is 2.00. The minimum atomic E-state index is -4.07. The number of nitrogens with one attached hydrogen (secondary N) is 1. The molecule has 2 rings (SSSR count). The Bertz CT molecular complexity index is 955. The van der Waals surface area contributed by atoms with Gasteiger partial charge in [0.05, 0.1) is 11.4 Å². The van der Waals surface area contributed by atoms with E-state index in [1.807, 2.05) is 0 Å². The van der Waals surface area contributed by atoms with Gasteiger partial charge in [-0.15, -0.1) is 0 Å².